The third-order valence-electron chi connectivity index (χ3n) is 2.90. The first-order chi connectivity index (χ1) is 8.08. The van der Waals surface area contributed by atoms with E-state index in [1.807, 2.05) is 42.6 Å². The zero-order valence-corrected chi connectivity index (χ0v) is 11.9. The van der Waals surface area contributed by atoms with Gasteiger partial charge in [0, 0.05) is 20.6 Å². The van der Waals surface area contributed by atoms with Crippen molar-refractivity contribution in [3.05, 3.63) is 50.6 Å². The fourth-order valence-corrected chi connectivity index (χ4v) is 3.17. The number of aliphatic hydroxyl groups is 1. The molecule has 1 unspecified atom stereocenters. The van der Waals surface area contributed by atoms with Gasteiger partial charge in [0.1, 0.15) is 5.60 Å². The minimum atomic E-state index is -0.998. The highest BCUT2D eigenvalue weighted by atomic mass is 79.9. The zero-order valence-electron chi connectivity index (χ0n) is 9.48. The number of nitrogen functional groups attached to an aromatic ring is 1. The summed E-state index contributed by atoms with van der Waals surface area (Å²) in [6.07, 6.45) is 0.591. The number of halogens is 1. The smallest absolute Gasteiger partial charge is 0.125 e. The van der Waals surface area contributed by atoms with Gasteiger partial charge in [-0.2, -0.15) is 0 Å². The lowest BCUT2D eigenvalue weighted by Crippen LogP contribution is -2.26. The number of nitrogens with two attached hydrogens (primary N) is 1. The summed E-state index contributed by atoms with van der Waals surface area (Å²) in [5.41, 5.74) is 6.36. The lowest BCUT2D eigenvalue weighted by Gasteiger charge is -2.27. The number of benzene rings is 1. The van der Waals surface area contributed by atoms with Crippen molar-refractivity contribution in [3.8, 4) is 0 Å². The van der Waals surface area contributed by atoms with Crippen LogP contribution in [0.15, 0.2) is 40.2 Å². The van der Waals surface area contributed by atoms with Crippen molar-refractivity contribution in [2.45, 2.75) is 18.9 Å². The van der Waals surface area contributed by atoms with Gasteiger partial charge in [-0.3, -0.25) is 0 Å². The van der Waals surface area contributed by atoms with E-state index in [-0.39, 0.29) is 0 Å². The molecule has 0 bridgehead atoms. The molecule has 0 aliphatic heterocycles. The van der Waals surface area contributed by atoms with Crippen LogP contribution in [-0.2, 0) is 5.60 Å². The minimum absolute atomic E-state index is 0.591. The van der Waals surface area contributed by atoms with E-state index in [4.69, 9.17) is 5.73 Å². The monoisotopic (exact) mass is 311 g/mol. The maximum absolute atomic E-state index is 10.9. The first-order valence-corrected chi connectivity index (χ1v) is 7.07. The van der Waals surface area contributed by atoms with Crippen LogP contribution in [0.5, 0.6) is 0 Å². The topological polar surface area (TPSA) is 46.2 Å². The Hall–Kier alpha value is -0.840. The predicted octanol–water partition coefficient (Wildman–Crippen LogP) is 3.74. The Morgan fingerprint density at radius 1 is 1.41 bits per heavy atom. The number of anilines is 1. The lowest BCUT2D eigenvalue weighted by molar-refractivity contribution is 0.0811. The standard InChI is InChI=1S/C13H14BrNOS/c1-2-13(16,12-4-3-7-17-12)10-8-9(14)5-6-11(10)15/h3-8,16H,2,15H2,1H3. The molecular weight excluding hydrogens is 298 g/mol. The Morgan fingerprint density at radius 2 is 2.18 bits per heavy atom. The molecule has 0 saturated carbocycles. The van der Waals surface area contributed by atoms with Crippen molar-refractivity contribution in [1.29, 1.82) is 0 Å². The SMILES string of the molecule is CCC(O)(c1cccs1)c1cc(Br)ccc1N. The van der Waals surface area contributed by atoms with Gasteiger partial charge in [0.25, 0.3) is 0 Å². The first kappa shape index (κ1) is 12.6. The Balaban J connectivity index is 2.59. The van der Waals surface area contributed by atoms with Crippen LogP contribution in [0.3, 0.4) is 0 Å². The van der Waals surface area contributed by atoms with Gasteiger partial charge in [-0.15, -0.1) is 11.3 Å². The highest BCUT2D eigenvalue weighted by Gasteiger charge is 2.32. The summed E-state index contributed by atoms with van der Waals surface area (Å²) in [5, 5.41) is 12.8. The van der Waals surface area contributed by atoms with E-state index in [0.717, 1.165) is 14.9 Å². The van der Waals surface area contributed by atoms with Crippen LogP contribution in [0.1, 0.15) is 23.8 Å². The highest BCUT2D eigenvalue weighted by molar-refractivity contribution is 9.10. The number of rotatable bonds is 3. The van der Waals surface area contributed by atoms with E-state index in [9.17, 15) is 5.11 Å². The van der Waals surface area contributed by atoms with E-state index in [1.54, 1.807) is 11.3 Å². The second-order valence-corrected chi connectivity index (χ2v) is 5.79. The minimum Gasteiger partial charge on any atom is -0.398 e. The molecule has 1 aromatic heterocycles. The first-order valence-electron chi connectivity index (χ1n) is 5.40. The maximum atomic E-state index is 10.9. The fourth-order valence-electron chi connectivity index (χ4n) is 1.90. The highest BCUT2D eigenvalue weighted by Crippen LogP contribution is 2.39. The van der Waals surface area contributed by atoms with Crippen LogP contribution < -0.4 is 5.73 Å². The van der Waals surface area contributed by atoms with Crippen LogP contribution in [-0.4, -0.2) is 5.11 Å². The third-order valence-corrected chi connectivity index (χ3v) is 4.42. The predicted molar refractivity (Wildman–Crippen MR) is 76.2 cm³/mol. The molecule has 2 nitrogen and oxygen atoms in total. The second-order valence-electron chi connectivity index (χ2n) is 3.92. The molecule has 2 rings (SSSR count). The van der Waals surface area contributed by atoms with Crippen molar-refractivity contribution in [2.75, 3.05) is 5.73 Å². The lowest BCUT2D eigenvalue weighted by atomic mass is 9.88. The van der Waals surface area contributed by atoms with Crippen molar-refractivity contribution >= 4 is 33.0 Å². The summed E-state index contributed by atoms with van der Waals surface area (Å²) in [6.45, 7) is 1.96. The average molecular weight is 312 g/mol. The molecule has 4 heteroatoms. The molecule has 1 atom stereocenters. The summed E-state index contributed by atoms with van der Waals surface area (Å²) in [6, 6.07) is 9.46. The van der Waals surface area contributed by atoms with Gasteiger partial charge in [-0.25, -0.2) is 0 Å². The molecule has 0 spiro atoms. The average Bonchev–Trinajstić information content (AvgIpc) is 2.85. The van der Waals surface area contributed by atoms with Crippen LogP contribution in [0, 0.1) is 0 Å². The summed E-state index contributed by atoms with van der Waals surface area (Å²) >= 11 is 4.96. The molecule has 0 aliphatic rings. The summed E-state index contributed by atoms with van der Waals surface area (Å²) in [4.78, 5) is 0.921. The van der Waals surface area contributed by atoms with Gasteiger partial charge < -0.3 is 10.8 Å². The summed E-state index contributed by atoms with van der Waals surface area (Å²) in [7, 11) is 0. The van der Waals surface area contributed by atoms with Crippen molar-refractivity contribution in [2.24, 2.45) is 0 Å². The van der Waals surface area contributed by atoms with Gasteiger partial charge in [-0.05, 0) is 36.1 Å². The molecule has 0 amide bonds. The van der Waals surface area contributed by atoms with E-state index >= 15 is 0 Å². The molecule has 0 saturated heterocycles. The van der Waals surface area contributed by atoms with Crippen molar-refractivity contribution in [3.63, 3.8) is 0 Å². The van der Waals surface area contributed by atoms with Crippen LogP contribution in [0.4, 0.5) is 5.69 Å². The Morgan fingerprint density at radius 3 is 2.76 bits per heavy atom. The van der Waals surface area contributed by atoms with E-state index < -0.39 is 5.60 Å². The third kappa shape index (κ3) is 2.25. The molecule has 0 fully saturated rings. The molecule has 1 heterocycles. The Labute approximate surface area is 113 Å². The number of hydrogen-bond acceptors (Lipinski definition) is 3. The Kier molecular flexibility index (Phi) is 3.56. The summed E-state index contributed by atoms with van der Waals surface area (Å²) < 4.78 is 0.921. The quantitative estimate of drug-likeness (QED) is 0.848. The molecule has 17 heavy (non-hydrogen) atoms. The van der Waals surface area contributed by atoms with Gasteiger partial charge in [-0.1, -0.05) is 28.9 Å². The maximum Gasteiger partial charge on any atom is 0.125 e. The number of thiophene rings is 1. The summed E-state index contributed by atoms with van der Waals surface area (Å²) in [5.74, 6) is 0. The van der Waals surface area contributed by atoms with E-state index in [0.29, 0.717) is 12.1 Å². The Bertz CT molecular complexity index is 512. The van der Waals surface area contributed by atoms with Gasteiger partial charge >= 0.3 is 0 Å². The molecule has 2 aromatic rings. The molecule has 0 aliphatic carbocycles. The molecule has 1 aromatic carbocycles. The van der Waals surface area contributed by atoms with Crippen molar-refractivity contribution in [1.82, 2.24) is 0 Å². The molecule has 0 radical (unpaired) electrons. The molecule has 3 N–H and O–H groups in total. The zero-order chi connectivity index (χ0) is 12.5. The van der Waals surface area contributed by atoms with Gasteiger partial charge in [0.2, 0.25) is 0 Å². The van der Waals surface area contributed by atoms with Crippen LogP contribution in [0.2, 0.25) is 0 Å². The molecule has 90 valence electrons. The van der Waals surface area contributed by atoms with Crippen LogP contribution >= 0.6 is 27.3 Å². The largest absolute Gasteiger partial charge is 0.398 e. The molecular formula is C13H14BrNOS. The van der Waals surface area contributed by atoms with E-state index in [1.165, 1.54) is 0 Å². The van der Waals surface area contributed by atoms with Crippen LogP contribution in [0.25, 0.3) is 0 Å². The second kappa shape index (κ2) is 4.80. The normalized spacial score (nSPS) is 14.5. The van der Waals surface area contributed by atoms with Gasteiger partial charge in [0.05, 0.1) is 0 Å². The fraction of sp³-hybridized carbons (Fsp3) is 0.231. The van der Waals surface area contributed by atoms with Gasteiger partial charge in [0.15, 0.2) is 0 Å². The number of hydrogen-bond donors (Lipinski definition) is 2. The van der Waals surface area contributed by atoms with E-state index in [2.05, 4.69) is 15.9 Å². The van der Waals surface area contributed by atoms with Crippen molar-refractivity contribution < 1.29 is 5.11 Å².